The van der Waals surface area contributed by atoms with Gasteiger partial charge in [-0.25, -0.2) is 0 Å². The van der Waals surface area contributed by atoms with E-state index in [1.165, 1.54) is 0 Å². The Labute approximate surface area is 181 Å². The van der Waals surface area contributed by atoms with Crippen molar-refractivity contribution in [3.63, 3.8) is 0 Å². The van der Waals surface area contributed by atoms with E-state index in [-0.39, 0.29) is 0 Å². The quantitative estimate of drug-likeness (QED) is 0.294. The molecule has 4 heteroatoms. The first-order valence-electron chi connectivity index (χ1n) is 9.59. The zero-order valence-electron chi connectivity index (χ0n) is 16.2. The second-order valence-corrected chi connectivity index (χ2v) is 7.06. The highest BCUT2D eigenvalue weighted by Gasteiger charge is 2.04. The average Bonchev–Trinajstić information content (AvgIpc) is 2.79. The molecule has 4 rings (SSSR count). The number of benzene rings is 4. The van der Waals surface area contributed by atoms with Gasteiger partial charge >= 0.3 is 0 Å². The van der Waals surface area contributed by atoms with Gasteiger partial charge in [0.15, 0.2) is 0 Å². The largest absolute Gasteiger partial charge is 0.488 e. The van der Waals surface area contributed by atoms with Crippen LogP contribution in [0, 0.1) is 0 Å². The van der Waals surface area contributed by atoms with Crippen LogP contribution in [0.25, 0.3) is 0 Å². The van der Waals surface area contributed by atoms with Gasteiger partial charge in [-0.2, -0.15) is 0 Å². The summed E-state index contributed by atoms with van der Waals surface area (Å²) in [6, 6.07) is 32.8. The summed E-state index contributed by atoms with van der Waals surface area (Å²) in [5, 5.41) is 0.634. The van der Waals surface area contributed by atoms with Gasteiger partial charge in [0.1, 0.15) is 23.9 Å². The van der Waals surface area contributed by atoms with Crippen molar-refractivity contribution in [3.05, 3.63) is 119 Å². The van der Waals surface area contributed by atoms with Crippen LogP contribution in [-0.2, 0) is 6.61 Å². The molecule has 0 heterocycles. The number of para-hydroxylation sites is 1. The molecule has 0 radical (unpaired) electrons. The van der Waals surface area contributed by atoms with E-state index >= 15 is 0 Å². The predicted octanol–water partition coefficient (Wildman–Crippen LogP) is 7.46. The van der Waals surface area contributed by atoms with Crippen molar-refractivity contribution >= 4 is 23.5 Å². The molecule has 0 saturated heterocycles. The van der Waals surface area contributed by atoms with Gasteiger partial charge in [-0.15, -0.1) is 0 Å². The summed E-state index contributed by atoms with van der Waals surface area (Å²) in [7, 11) is 0. The average molecular weight is 414 g/mol. The van der Waals surface area contributed by atoms with Crippen LogP contribution in [0.2, 0.25) is 5.02 Å². The summed E-state index contributed by atoms with van der Waals surface area (Å²) < 4.78 is 11.8. The maximum Gasteiger partial charge on any atom is 0.128 e. The fourth-order valence-corrected chi connectivity index (χ4v) is 3.04. The SMILES string of the molecule is Clc1ccc(OCc2ccccc2)c(C=Nc2ccc(Oc3ccccc3)cc2)c1. The van der Waals surface area contributed by atoms with Crippen LogP contribution < -0.4 is 9.47 Å². The van der Waals surface area contributed by atoms with Gasteiger partial charge in [0.05, 0.1) is 5.69 Å². The number of hydrogen-bond acceptors (Lipinski definition) is 3. The van der Waals surface area contributed by atoms with E-state index in [0.717, 1.165) is 34.1 Å². The topological polar surface area (TPSA) is 30.8 Å². The van der Waals surface area contributed by atoms with Crippen molar-refractivity contribution in [1.82, 2.24) is 0 Å². The van der Waals surface area contributed by atoms with Crippen molar-refractivity contribution < 1.29 is 9.47 Å². The zero-order valence-corrected chi connectivity index (χ0v) is 17.0. The van der Waals surface area contributed by atoms with E-state index in [1.807, 2.05) is 103 Å². The Kier molecular flexibility index (Phi) is 6.43. The molecule has 0 fully saturated rings. The molecule has 0 saturated carbocycles. The fraction of sp³-hybridized carbons (Fsp3) is 0.0385. The van der Waals surface area contributed by atoms with Crippen molar-refractivity contribution in [3.8, 4) is 17.2 Å². The Balaban J connectivity index is 1.46. The molecule has 148 valence electrons. The molecule has 0 aliphatic rings. The van der Waals surface area contributed by atoms with Crippen LogP contribution in [0.15, 0.2) is 108 Å². The first-order chi connectivity index (χ1) is 14.8. The highest BCUT2D eigenvalue weighted by molar-refractivity contribution is 6.30. The lowest BCUT2D eigenvalue weighted by Crippen LogP contribution is -1.98. The molecule has 0 bridgehead atoms. The summed E-state index contributed by atoms with van der Waals surface area (Å²) in [6.45, 7) is 0.481. The molecular weight excluding hydrogens is 394 g/mol. The summed E-state index contributed by atoms with van der Waals surface area (Å²) in [4.78, 5) is 4.56. The Morgan fingerprint density at radius 1 is 0.733 bits per heavy atom. The minimum Gasteiger partial charge on any atom is -0.488 e. The van der Waals surface area contributed by atoms with Crippen LogP contribution in [0.3, 0.4) is 0 Å². The lowest BCUT2D eigenvalue weighted by atomic mass is 10.2. The van der Waals surface area contributed by atoms with E-state index in [4.69, 9.17) is 21.1 Å². The first kappa shape index (κ1) is 19.7. The van der Waals surface area contributed by atoms with Crippen molar-refractivity contribution in [1.29, 1.82) is 0 Å². The van der Waals surface area contributed by atoms with Gasteiger partial charge in [0.25, 0.3) is 0 Å². The number of rotatable bonds is 7. The molecule has 3 nitrogen and oxygen atoms in total. The Morgan fingerprint density at radius 3 is 2.13 bits per heavy atom. The maximum absolute atomic E-state index is 6.18. The van der Waals surface area contributed by atoms with E-state index in [2.05, 4.69) is 4.99 Å². The second kappa shape index (κ2) is 9.77. The highest BCUT2D eigenvalue weighted by atomic mass is 35.5. The summed E-state index contributed by atoms with van der Waals surface area (Å²) in [5.74, 6) is 2.29. The molecule has 0 aliphatic heterocycles. The number of halogens is 1. The van der Waals surface area contributed by atoms with Gasteiger partial charge in [-0.05, 0) is 60.2 Å². The van der Waals surface area contributed by atoms with Crippen molar-refractivity contribution in [2.45, 2.75) is 6.61 Å². The number of nitrogens with zero attached hydrogens (tertiary/aromatic N) is 1. The van der Waals surface area contributed by atoms with Gasteiger partial charge in [0.2, 0.25) is 0 Å². The minimum absolute atomic E-state index is 0.481. The zero-order chi connectivity index (χ0) is 20.6. The van der Waals surface area contributed by atoms with Crippen molar-refractivity contribution in [2.24, 2.45) is 4.99 Å². The van der Waals surface area contributed by atoms with Gasteiger partial charge in [-0.1, -0.05) is 60.1 Å². The number of ether oxygens (including phenoxy) is 2. The second-order valence-electron chi connectivity index (χ2n) is 6.62. The molecular formula is C26H20ClNO2. The van der Waals surface area contributed by atoms with Crippen LogP contribution >= 0.6 is 11.6 Å². The molecule has 4 aromatic rings. The fourth-order valence-electron chi connectivity index (χ4n) is 2.86. The van der Waals surface area contributed by atoms with E-state index in [9.17, 15) is 0 Å². The summed E-state index contributed by atoms with van der Waals surface area (Å²) in [5.41, 5.74) is 2.73. The Morgan fingerprint density at radius 2 is 1.40 bits per heavy atom. The van der Waals surface area contributed by atoms with Crippen LogP contribution in [0.1, 0.15) is 11.1 Å². The van der Waals surface area contributed by atoms with E-state index in [1.54, 1.807) is 6.21 Å². The van der Waals surface area contributed by atoms with Crippen LogP contribution in [0.5, 0.6) is 17.2 Å². The molecule has 0 unspecified atom stereocenters. The standard InChI is InChI=1S/C26H20ClNO2/c27-22-11-16-26(29-19-20-7-3-1-4-8-20)21(17-22)18-28-23-12-14-25(15-13-23)30-24-9-5-2-6-10-24/h1-18H,19H2. The normalized spacial score (nSPS) is 10.8. The molecule has 0 atom stereocenters. The van der Waals surface area contributed by atoms with Crippen LogP contribution in [-0.4, -0.2) is 6.21 Å². The highest BCUT2D eigenvalue weighted by Crippen LogP contribution is 2.26. The van der Waals surface area contributed by atoms with Gasteiger partial charge in [-0.3, -0.25) is 4.99 Å². The van der Waals surface area contributed by atoms with E-state index < -0.39 is 0 Å². The Bertz CT molecular complexity index is 1110. The third-order valence-electron chi connectivity index (χ3n) is 4.38. The summed E-state index contributed by atoms with van der Waals surface area (Å²) >= 11 is 6.18. The molecule has 0 spiro atoms. The molecule has 0 aromatic heterocycles. The van der Waals surface area contributed by atoms with E-state index in [0.29, 0.717) is 11.6 Å². The third-order valence-corrected chi connectivity index (χ3v) is 4.61. The Hall–Kier alpha value is -3.56. The molecule has 0 amide bonds. The molecule has 0 N–H and O–H groups in total. The molecule has 30 heavy (non-hydrogen) atoms. The van der Waals surface area contributed by atoms with Crippen molar-refractivity contribution in [2.75, 3.05) is 0 Å². The molecule has 4 aromatic carbocycles. The van der Waals surface area contributed by atoms with Crippen LogP contribution in [0.4, 0.5) is 5.69 Å². The van der Waals surface area contributed by atoms with Gasteiger partial charge < -0.3 is 9.47 Å². The number of hydrogen-bond donors (Lipinski definition) is 0. The smallest absolute Gasteiger partial charge is 0.128 e. The monoisotopic (exact) mass is 413 g/mol. The minimum atomic E-state index is 0.481. The lowest BCUT2D eigenvalue weighted by molar-refractivity contribution is 0.306. The number of aliphatic imine (C=N–C) groups is 1. The molecule has 0 aliphatic carbocycles. The van der Waals surface area contributed by atoms with Gasteiger partial charge in [0, 0.05) is 16.8 Å². The maximum atomic E-state index is 6.18. The first-order valence-corrected chi connectivity index (χ1v) is 9.97. The summed E-state index contributed by atoms with van der Waals surface area (Å²) in [6.07, 6.45) is 1.76. The third kappa shape index (κ3) is 5.49. The predicted molar refractivity (Wildman–Crippen MR) is 122 cm³/mol. The lowest BCUT2D eigenvalue weighted by Gasteiger charge is -2.09.